The van der Waals surface area contributed by atoms with Gasteiger partial charge in [0, 0.05) is 24.0 Å². The number of nitrogens with zero attached hydrogens (tertiary/aromatic N) is 1. The number of pyridine rings is 1. The van der Waals surface area contributed by atoms with Crippen LogP contribution < -0.4 is 10.6 Å². The summed E-state index contributed by atoms with van der Waals surface area (Å²) >= 11 is 11.9. The van der Waals surface area contributed by atoms with Crippen molar-refractivity contribution in [3.8, 4) is 0 Å². The highest BCUT2D eigenvalue weighted by atomic mass is 35.5. The molecule has 0 unspecified atom stereocenters. The Bertz CT molecular complexity index is 735. The average molecular weight is 352 g/mol. The minimum Gasteiger partial charge on any atom is -0.352 e. The normalized spacial score (nSPS) is 10.2. The van der Waals surface area contributed by atoms with Gasteiger partial charge in [-0.25, -0.2) is 0 Å². The molecule has 120 valence electrons. The molecule has 23 heavy (non-hydrogen) atoms. The molecule has 0 radical (unpaired) electrons. The number of carbonyl (C=O) groups is 2. The van der Waals surface area contributed by atoms with Crippen molar-refractivity contribution in [3.63, 3.8) is 0 Å². The van der Waals surface area contributed by atoms with Gasteiger partial charge in [-0.05, 0) is 30.7 Å². The third kappa shape index (κ3) is 4.68. The van der Waals surface area contributed by atoms with Crippen LogP contribution in [0.1, 0.15) is 34.1 Å². The standard InChI is InChI=1S/C16H15Cl2N3O2/c1-2-5-20-15(22)10-6-11(9-19-8-10)16(23)21-14-7-12(17)3-4-13(14)18/h3-4,6-9H,2,5H2,1H3,(H,20,22)(H,21,23). The van der Waals surface area contributed by atoms with E-state index >= 15 is 0 Å². The molecule has 0 saturated heterocycles. The van der Waals surface area contributed by atoms with Gasteiger partial charge in [0.2, 0.25) is 0 Å². The Morgan fingerprint density at radius 1 is 1.09 bits per heavy atom. The number of halogens is 2. The number of aromatic nitrogens is 1. The molecule has 7 heteroatoms. The Balaban J connectivity index is 2.16. The summed E-state index contributed by atoms with van der Waals surface area (Å²) in [5.74, 6) is -0.693. The van der Waals surface area contributed by atoms with Crippen LogP contribution >= 0.6 is 23.2 Å². The fourth-order valence-electron chi connectivity index (χ4n) is 1.82. The van der Waals surface area contributed by atoms with Crippen molar-refractivity contribution in [2.24, 2.45) is 0 Å². The molecular weight excluding hydrogens is 337 g/mol. The zero-order valence-electron chi connectivity index (χ0n) is 12.4. The van der Waals surface area contributed by atoms with Crippen molar-refractivity contribution in [1.29, 1.82) is 0 Å². The fraction of sp³-hybridized carbons (Fsp3) is 0.188. The third-order valence-corrected chi connectivity index (χ3v) is 3.54. The summed E-state index contributed by atoms with van der Waals surface area (Å²) in [6.45, 7) is 2.52. The fourth-order valence-corrected chi connectivity index (χ4v) is 2.15. The van der Waals surface area contributed by atoms with E-state index in [1.807, 2.05) is 6.92 Å². The largest absolute Gasteiger partial charge is 0.352 e. The maximum atomic E-state index is 12.3. The van der Waals surface area contributed by atoms with Crippen molar-refractivity contribution in [1.82, 2.24) is 10.3 Å². The summed E-state index contributed by atoms with van der Waals surface area (Å²) in [6.07, 6.45) is 3.62. The zero-order chi connectivity index (χ0) is 16.8. The topological polar surface area (TPSA) is 71.1 Å². The monoisotopic (exact) mass is 351 g/mol. The Labute approximate surface area is 144 Å². The summed E-state index contributed by atoms with van der Waals surface area (Å²) < 4.78 is 0. The van der Waals surface area contributed by atoms with E-state index in [4.69, 9.17) is 23.2 Å². The van der Waals surface area contributed by atoms with Crippen LogP contribution in [0.3, 0.4) is 0 Å². The quantitative estimate of drug-likeness (QED) is 0.860. The van der Waals surface area contributed by atoms with Crippen molar-refractivity contribution < 1.29 is 9.59 Å². The van der Waals surface area contributed by atoms with E-state index in [0.717, 1.165) is 6.42 Å². The minimum atomic E-state index is -0.424. The molecule has 0 aliphatic carbocycles. The molecule has 1 aromatic carbocycles. The molecular formula is C16H15Cl2N3O2. The van der Waals surface area contributed by atoms with E-state index in [2.05, 4.69) is 15.6 Å². The Kier molecular flexibility index (Phi) is 5.96. The van der Waals surface area contributed by atoms with Gasteiger partial charge in [-0.3, -0.25) is 14.6 Å². The van der Waals surface area contributed by atoms with Gasteiger partial charge in [-0.2, -0.15) is 0 Å². The lowest BCUT2D eigenvalue weighted by molar-refractivity contribution is 0.0953. The number of nitrogens with one attached hydrogen (secondary N) is 2. The summed E-state index contributed by atoms with van der Waals surface area (Å²) in [5.41, 5.74) is 0.971. The van der Waals surface area contributed by atoms with Crippen molar-refractivity contribution in [3.05, 3.63) is 57.8 Å². The van der Waals surface area contributed by atoms with Crippen LogP contribution in [-0.4, -0.2) is 23.3 Å². The van der Waals surface area contributed by atoms with Gasteiger partial charge in [-0.15, -0.1) is 0 Å². The highest BCUT2D eigenvalue weighted by Gasteiger charge is 2.12. The number of amides is 2. The average Bonchev–Trinajstić information content (AvgIpc) is 2.56. The first-order valence-corrected chi connectivity index (χ1v) is 7.76. The molecule has 0 aliphatic rings. The SMILES string of the molecule is CCCNC(=O)c1cncc(C(=O)Nc2cc(Cl)ccc2Cl)c1. The van der Waals surface area contributed by atoms with E-state index in [9.17, 15) is 9.59 Å². The predicted octanol–water partition coefficient (Wildman–Crippen LogP) is 3.78. The second-order valence-corrected chi connectivity index (χ2v) is 5.64. The summed E-state index contributed by atoms with van der Waals surface area (Å²) in [7, 11) is 0. The maximum Gasteiger partial charge on any atom is 0.257 e. The highest BCUT2D eigenvalue weighted by Crippen LogP contribution is 2.25. The number of anilines is 1. The van der Waals surface area contributed by atoms with Crippen LogP contribution in [0, 0.1) is 0 Å². The molecule has 0 atom stereocenters. The van der Waals surface area contributed by atoms with Gasteiger partial charge >= 0.3 is 0 Å². The number of carbonyl (C=O) groups excluding carboxylic acids is 2. The summed E-state index contributed by atoms with van der Waals surface area (Å²) in [4.78, 5) is 28.1. The van der Waals surface area contributed by atoms with Crippen LogP contribution in [0.5, 0.6) is 0 Å². The number of rotatable bonds is 5. The Morgan fingerprint density at radius 2 is 1.78 bits per heavy atom. The molecule has 0 bridgehead atoms. The molecule has 0 spiro atoms. The molecule has 5 nitrogen and oxygen atoms in total. The Morgan fingerprint density at radius 3 is 2.48 bits per heavy atom. The summed E-state index contributed by atoms with van der Waals surface area (Å²) in [5, 5.41) is 6.20. The van der Waals surface area contributed by atoms with E-state index < -0.39 is 5.91 Å². The van der Waals surface area contributed by atoms with Crippen LogP contribution in [0.25, 0.3) is 0 Å². The highest BCUT2D eigenvalue weighted by molar-refractivity contribution is 6.35. The smallest absolute Gasteiger partial charge is 0.257 e. The zero-order valence-corrected chi connectivity index (χ0v) is 13.9. The van der Waals surface area contributed by atoms with Crippen LogP contribution in [0.15, 0.2) is 36.7 Å². The molecule has 1 aromatic heterocycles. The van der Waals surface area contributed by atoms with Gasteiger partial charge in [0.25, 0.3) is 11.8 Å². The van der Waals surface area contributed by atoms with Crippen molar-refractivity contribution >= 4 is 40.7 Å². The first-order valence-electron chi connectivity index (χ1n) is 7.01. The summed E-state index contributed by atoms with van der Waals surface area (Å²) in [6, 6.07) is 6.24. The first kappa shape index (κ1) is 17.2. The lowest BCUT2D eigenvalue weighted by atomic mass is 10.2. The Hall–Kier alpha value is -2.11. The van der Waals surface area contributed by atoms with Crippen molar-refractivity contribution in [2.75, 3.05) is 11.9 Å². The predicted molar refractivity (Wildman–Crippen MR) is 91.3 cm³/mol. The van der Waals surface area contributed by atoms with E-state index in [-0.39, 0.29) is 11.5 Å². The lowest BCUT2D eigenvalue weighted by Crippen LogP contribution is -2.24. The van der Waals surface area contributed by atoms with Crippen molar-refractivity contribution in [2.45, 2.75) is 13.3 Å². The number of hydrogen-bond donors (Lipinski definition) is 2. The second-order valence-electron chi connectivity index (χ2n) is 4.80. The molecule has 0 fully saturated rings. The molecule has 2 rings (SSSR count). The lowest BCUT2D eigenvalue weighted by Gasteiger charge is -2.09. The van der Waals surface area contributed by atoms with Crippen LogP contribution in [-0.2, 0) is 0 Å². The number of benzene rings is 1. The molecule has 0 saturated carbocycles. The van der Waals surface area contributed by atoms with Crippen LogP contribution in [0.4, 0.5) is 5.69 Å². The maximum absolute atomic E-state index is 12.3. The first-order chi connectivity index (χ1) is 11.0. The molecule has 0 aliphatic heterocycles. The van der Waals surface area contributed by atoms with Gasteiger partial charge in [-0.1, -0.05) is 30.1 Å². The van der Waals surface area contributed by atoms with Crippen LogP contribution in [0.2, 0.25) is 10.0 Å². The minimum absolute atomic E-state index is 0.255. The van der Waals surface area contributed by atoms with E-state index in [0.29, 0.717) is 27.8 Å². The van der Waals surface area contributed by atoms with Gasteiger partial charge in [0.05, 0.1) is 21.8 Å². The molecule has 2 amide bonds. The molecule has 1 heterocycles. The number of hydrogen-bond acceptors (Lipinski definition) is 3. The third-order valence-electron chi connectivity index (χ3n) is 2.97. The van der Waals surface area contributed by atoms with Gasteiger partial charge in [0.15, 0.2) is 0 Å². The molecule has 2 N–H and O–H groups in total. The van der Waals surface area contributed by atoms with Gasteiger partial charge < -0.3 is 10.6 Å². The van der Waals surface area contributed by atoms with Gasteiger partial charge in [0.1, 0.15) is 0 Å². The van der Waals surface area contributed by atoms with E-state index in [1.165, 1.54) is 18.5 Å². The second kappa shape index (κ2) is 7.94. The molecule has 2 aromatic rings. The van der Waals surface area contributed by atoms with E-state index in [1.54, 1.807) is 18.2 Å².